The minimum atomic E-state index is -0.857. The lowest BCUT2D eigenvalue weighted by Gasteiger charge is -2.59. The number of carbonyl (C=O) groups excluding carboxylic acids is 4. The number of Topliss-reactive ketones (excluding diaryl/α,β-unsaturated/α-hetero) is 1. The topological polar surface area (TPSA) is 122 Å². The van der Waals surface area contributed by atoms with Crippen molar-refractivity contribution in [3.63, 3.8) is 0 Å². The van der Waals surface area contributed by atoms with Crippen molar-refractivity contribution >= 4 is 35.0 Å². The SMILES string of the molecule is COC(=O)[C@@H]1C=C(OC(=O)c2cncs2)C(=O)[C@H]2[C@@]1(C)CC[C@H]1C(=O)O[C@H](c3ccoc3)C[C@]21C. The van der Waals surface area contributed by atoms with E-state index in [0.29, 0.717) is 24.8 Å². The number of fused-ring (bicyclic) bond motifs is 3. The Morgan fingerprint density at radius 1 is 1.23 bits per heavy atom. The highest BCUT2D eigenvalue weighted by Gasteiger charge is 2.66. The van der Waals surface area contributed by atoms with Crippen molar-refractivity contribution in [2.45, 2.75) is 39.2 Å². The van der Waals surface area contributed by atoms with Gasteiger partial charge in [-0.1, -0.05) is 13.8 Å². The molecule has 3 aliphatic rings. The Morgan fingerprint density at radius 2 is 2.03 bits per heavy atom. The van der Waals surface area contributed by atoms with Crippen molar-refractivity contribution < 1.29 is 37.8 Å². The van der Waals surface area contributed by atoms with E-state index in [2.05, 4.69) is 4.98 Å². The van der Waals surface area contributed by atoms with Crippen LogP contribution in [0, 0.1) is 28.6 Å². The van der Waals surface area contributed by atoms with Crippen LogP contribution in [0.2, 0.25) is 0 Å². The maximum Gasteiger partial charge on any atom is 0.355 e. The summed E-state index contributed by atoms with van der Waals surface area (Å²) < 4.78 is 21.5. The number of ether oxygens (including phenoxy) is 3. The molecular formula is C25H25NO8S. The number of esters is 3. The molecule has 2 fully saturated rings. The maximum atomic E-state index is 14.0. The maximum absolute atomic E-state index is 14.0. The first kappa shape index (κ1) is 23.5. The summed E-state index contributed by atoms with van der Waals surface area (Å²) >= 11 is 1.09. The number of hydrogen-bond donors (Lipinski definition) is 0. The molecule has 3 heterocycles. The van der Waals surface area contributed by atoms with Crippen LogP contribution in [0.15, 0.2) is 46.6 Å². The van der Waals surface area contributed by atoms with Crippen LogP contribution in [-0.4, -0.2) is 35.8 Å². The second-order valence-corrected chi connectivity index (χ2v) is 10.8. The summed E-state index contributed by atoms with van der Waals surface area (Å²) in [4.78, 5) is 56.9. The Labute approximate surface area is 205 Å². The number of rotatable bonds is 4. The number of cyclic esters (lactones) is 1. The second kappa shape index (κ2) is 8.44. The van der Waals surface area contributed by atoms with E-state index in [0.717, 1.165) is 11.3 Å². The fraction of sp³-hybridized carbons (Fsp3) is 0.480. The molecule has 0 N–H and O–H groups in total. The third-order valence-electron chi connectivity index (χ3n) is 7.99. The number of carbonyl (C=O) groups is 4. The van der Waals surface area contributed by atoms with Crippen molar-refractivity contribution in [1.82, 2.24) is 4.98 Å². The van der Waals surface area contributed by atoms with Gasteiger partial charge >= 0.3 is 17.9 Å². The van der Waals surface area contributed by atoms with Gasteiger partial charge in [-0.3, -0.25) is 19.4 Å². The highest BCUT2D eigenvalue weighted by molar-refractivity contribution is 7.11. The second-order valence-electron chi connectivity index (χ2n) is 9.87. The van der Waals surface area contributed by atoms with E-state index in [1.54, 1.807) is 6.07 Å². The van der Waals surface area contributed by atoms with Gasteiger partial charge in [-0.15, -0.1) is 11.3 Å². The first-order valence-electron chi connectivity index (χ1n) is 11.4. The molecule has 0 unspecified atom stereocenters. The largest absolute Gasteiger partial charge is 0.472 e. The summed E-state index contributed by atoms with van der Waals surface area (Å²) in [6, 6.07) is 1.73. The number of ketones is 1. The van der Waals surface area contributed by atoms with E-state index >= 15 is 0 Å². The molecule has 0 radical (unpaired) electrons. The van der Waals surface area contributed by atoms with Crippen molar-refractivity contribution in [2.24, 2.45) is 28.6 Å². The van der Waals surface area contributed by atoms with Crippen LogP contribution in [0.3, 0.4) is 0 Å². The average molecular weight is 500 g/mol. The number of aromatic nitrogens is 1. The highest BCUT2D eigenvalue weighted by atomic mass is 32.1. The first-order chi connectivity index (χ1) is 16.7. The zero-order valence-corrected chi connectivity index (χ0v) is 20.3. The van der Waals surface area contributed by atoms with Gasteiger partial charge in [0.2, 0.25) is 5.78 Å². The Hall–Kier alpha value is -3.27. The molecule has 2 aromatic rings. The molecule has 0 bridgehead atoms. The summed E-state index contributed by atoms with van der Waals surface area (Å²) in [5.41, 5.74) is 0.488. The number of thiazole rings is 1. The van der Waals surface area contributed by atoms with Crippen LogP contribution < -0.4 is 0 Å². The minimum absolute atomic E-state index is 0.207. The van der Waals surface area contributed by atoms with Gasteiger partial charge in [-0.2, -0.15) is 0 Å². The third kappa shape index (κ3) is 3.62. The number of methoxy groups -OCH3 is 1. The number of furan rings is 1. The van der Waals surface area contributed by atoms with Gasteiger partial charge in [0.15, 0.2) is 5.76 Å². The van der Waals surface area contributed by atoms with Crippen LogP contribution in [0.1, 0.15) is 54.4 Å². The van der Waals surface area contributed by atoms with Gasteiger partial charge in [0, 0.05) is 11.5 Å². The molecule has 9 nitrogen and oxygen atoms in total. The lowest BCUT2D eigenvalue weighted by molar-refractivity contribution is -0.197. The summed E-state index contributed by atoms with van der Waals surface area (Å²) in [5.74, 6) is -4.40. The average Bonchev–Trinajstić information content (AvgIpc) is 3.54. The van der Waals surface area contributed by atoms with Crippen molar-refractivity contribution in [3.05, 3.63) is 52.6 Å². The van der Waals surface area contributed by atoms with Crippen molar-refractivity contribution in [1.29, 1.82) is 0 Å². The normalized spacial score (nSPS) is 34.2. The molecule has 1 saturated heterocycles. The van der Waals surface area contributed by atoms with Gasteiger partial charge in [0.25, 0.3) is 0 Å². The van der Waals surface area contributed by atoms with Crippen LogP contribution in [-0.2, 0) is 28.6 Å². The molecule has 2 aromatic heterocycles. The van der Waals surface area contributed by atoms with Gasteiger partial charge in [0.05, 0.1) is 43.2 Å². The molecular weight excluding hydrogens is 474 g/mol. The third-order valence-corrected chi connectivity index (χ3v) is 8.75. The predicted octanol–water partition coefficient (Wildman–Crippen LogP) is 3.88. The molecule has 35 heavy (non-hydrogen) atoms. The molecule has 10 heteroatoms. The first-order valence-corrected chi connectivity index (χ1v) is 12.2. The quantitative estimate of drug-likeness (QED) is 0.456. The summed E-state index contributed by atoms with van der Waals surface area (Å²) in [5, 5.41) is 0. The molecule has 2 aliphatic carbocycles. The smallest absolute Gasteiger partial charge is 0.355 e. The van der Waals surface area contributed by atoms with Crippen LogP contribution in [0.5, 0.6) is 0 Å². The monoisotopic (exact) mass is 499 g/mol. The molecule has 5 rings (SSSR count). The lowest BCUT2D eigenvalue weighted by Crippen LogP contribution is -2.61. The summed E-state index contributed by atoms with van der Waals surface area (Å²) in [6.45, 7) is 3.77. The fourth-order valence-corrected chi connectivity index (χ4v) is 6.85. The van der Waals surface area contributed by atoms with E-state index in [-0.39, 0.29) is 16.6 Å². The van der Waals surface area contributed by atoms with Gasteiger partial charge in [-0.25, -0.2) is 4.79 Å². The molecule has 6 atom stereocenters. The highest BCUT2D eigenvalue weighted by Crippen LogP contribution is 2.64. The van der Waals surface area contributed by atoms with Gasteiger partial charge in [0.1, 0.15) is 11.0 Å². The fourth-order valence-electron chi connectivity index (χ4n) is 6.35. The van der Waals surface area contributed by atoms with Crippen LogP contribution >= 0.6 is 11.3 Å². The van der Waals surface area contributed by atoms with Gasteiger partial charge < -0.3 is 18.6 Å². The summed E-state index contributed by atoms with van der Waals surface area (Å²) in [7, 11) is 1.29. The Balaban J connectivity index is 1.58. The molecule has 0 spiro atoms. The van der Waals surface area contributed by atoms with E-state index in [4.69, 9.17) is 18.6 Å². The Morgan fingerprint density at radius 3 is 2.69 bits per heavy atom. The Kier molecular flexibility index (Phi) is 5.66. The molecule has 1 saturated carbocycles. The van der Waals surface area contributed by atoms with E-state index in [9.17, 15) is 19.2 Å². The molecule has 0 amide bonds. The van der Waals surface area contributed by atoms with E-state index in [1.807, 2.05) is 13.8 Å². The molecule has 184 valence electrons. The predicted molar refractivity (Wildman–Crippen MR) is 121 cm³/mol. The van der Waals surface area contributed by atoms with Gasteiger partial charge in [-0.05, 0) is 42.2 Å². The van der Waals surface area contributed by atoms with E-state index in [1.165, 1.54) is 37.4 Å². The van der Waals surface area contributed by atoms with Crippen molar-refractivity contribution in [2.75, 3.05) is 7.11 Å². The number of allylic oxidation sites excluding steroid dienone is 1. The zero-order valence-electron chi connectivity index (χ0n) is 19.5. The minimum Gasteiger partial charge on any atom is -0.472 e. The standard InChI is InChI=1S/C25H25NO8S/c1-24-6-4-14-22(29)34-17(13-5-7-32-11-13)9-25(14,2)20(24)19(27)16(8-15(24)21(28)31-3)33-23(30)18-10-26-12-35-18/h5,7-8,10-12,14-15,17,20H,4,6,9H2,1-3H3/t14-,15-,17-,20-,24-,25-/m0/s1. The summed E-state index contributed by atoms with van der Waals surface area (Å²) in [6.07, 6.45) is 6.44. The number of nitrogens with zero attached hydrogens (tertiary/aromatic N) is 1. The number of hydrogen-bond acceptors (Lipinski definition) is 10. The molecule has 1 aliphatic heterocycles. The molecule has 0 aromatic carbocycles. The zero-order chi connectivity index (χ0) is 25.0. The van der Waals surface area contributed by atoms with Crippen molar-refractivity contribution in [3.8, 4) is 0 Å². The van der Waals surface area contributed by atoms with Crippen LogP contribution in [0.4, 0.5) is 0 Å². The van der Waals surface area contributed by atoms with E-state index < -0.39 is 52.4 Å². The Bertz CT molecular complexity index is 1200. The van der Waals surface area contributed by atoms with Crippen LogP contribution in [0.25, 0.3) is 0 Å². The lowest BCUT2D eigenvalue weighted by atomic mass is 9.44.